The fourth-order valence-electron chi connectivity index (χ4n) is 4.18. The number of benzene rings is 1. The van der Waals surface area contributed by atoms with Crippen LogP contribution in [0.25, 0.3) is 0 Å². The predicted octanol–water partition coefficient (Wildman–Crippen LogP) is 5.39. The molecule has 0 unspecified atom stereocenters. The van der Waals surface area contributed by atoms with Crippen LogP contribution in [0.15, 0.2) is 33.1 Å². The molecule has 6 nitrogen and oxygen atoms in total. The van der Waals surface area contributed by atoms with Gasteiger partial charge in [-0.25, -0.2) is 9.98 Å². The molecule has 0 saturated carbocycles. The van der Waals surface area contributed by atoms with Crippen molar-refractivity contribution in [2.45, 2.75) is 74.1 Å². The monoisotopic (exact) mass is 435 g/mol. The Bertz CT molecular complexity index is 1130. The van der Waals surface area contributed by atoms with Gasteiger partial charge in [-0.2, -0.15) is 9.78 Å². The van der Waals surface area contributed by atoms with Gasteiger partial charge in [0.2, 0.25) is 0 Å². The lowest BCUT2D eigenvalue weighted by molar-refractivity contribution is 0.553. The highest BCUT2D eigenvalue weighted by Gasteiger charge is 2.31. The Labute approximate surface area is 192 Å². The quantitative estimate of drug-likeness (QED) is 0.611. The summed E-state index contributed by atoms with van der Waals surface area (Å²) in [6, 6.07) is 6.35. The van der Waals surface area contributed by atoms with E-state index < -0.39 is 0 Å². The molecule has 1 aromatic heterocycles. The summed E-state index contributed by atoms with van der Waals surface area (Å²) < 4.78 is 1.45. The number of aromatic nitrogens is 2. The van der Waals surface area contributed by atoms with Crippen molar-refractivity contribution in [1.82, 2.24) is 9.66 Å². The fourth-order valence-corrected chi connectivity index (χ4v) is 4.18. The summed E-state index contributed by atoms with van der Waals surface area (Å²) in [5.41, 5.74) is 5.79. The first-order chi connectivity index (χ1) is 15.0. The largest absolute Gasteiger partial charge is 0.372 e. The number of aryl methyl sites for hydroxylation is 1. The van der Waals surface area contributed by atoms with Crippen LogP contribution >= 0.6 is 0 Å². The van der Waals surface area contributed by atoms with E-state index in [0.717, 1.165) is 42.2 Å². The highest BCUT2D eigenvalue weighted by Crippen LogP contribution is 2.28. The summed E-state index contributed by atoms with van der Waals surface area (Å²) in [6.45, 7) is 20.7. The molecule has 0 aliphatic carbocycles. The second kappa shape index (κ2) is 9.00. The van der Waals surface area contributed by atoms with E-state index in [1.807, 2.05) is 6.92 Å². The molecule has 0 atom stereocenters. The van der Waals surface area contributed by atoms with Gasteiger partial charge in [0.15, 0.2) is 5.82 Å². The molecule has 6 heteroatoms. The molecule has 1 aliphatic heterocycles. The first-order valence-corrected chi connectivity index (χ1v) is 11.6. The van der Waals surface area contributed by atoms with Gasteiger partial charge in [-0.05, 0) is 63.8 Å². The van der Waals surface area contributed by atoms with Crippen molar-refractivity contribution in [2.75, 3.05) is 18.0 Å². The molecule has 0 saturated heterocycles. The van der Waals surface area contributed by atoms with Gasteiger partial charge in [0, 0.05) is 29.8 Å². The maximum Gasteiger partial charge on any atom is 0.277 e. The van der Waals surface area contributed by atoms with Crippen LogP contribution in [0.5, 0.6) is 0 Å². The number of nitrogens with zero attached hydrogens (tertiary/aromatic N) is 5. The third-order valence-corrected chi connectivity index (χ3v) is 5.85. The Kier molecular flexibility index (Phi) is 6.72. The molecule has 0 fully saturated rings. The summed E-state index contributed by atoms with van der Waals surface area (Å²) in [5.74, 6) is 0.937. The highest BCUT2D eigenvalue weighted by atomic mass is 16.1. The van der Waals surface area contributed by atoms with E-state index in [-0.39, 0.29) is 11.0 Å². The number of aliphatic imine (C=N–C) groups is 1. The first kappa shape index (κ1) is 23.9. The van der Waals surface area contributed by atoms with Crippen molar-refractivity contribution in [1.29, 1.82) is 0 Å². The van der Waals surface area contributed by atoms with Gasteiger partial charge in [-0.15, -0.1) is 0 Å². The lowest BCUT2D eigenvalue weighted by atomic mass is 9.89. The average molecular weight is 436 g/mol. The maximum atomic E-state index is 13.2. The Morgan fingerprint density at radius 3 is 2.31 bits per heavy atom. The Hall–Kier alpha value is -2.76. The van der Waals surface area contributed by atoms with Crippen LogP contribution in [-0.2, 0) is 5.41 Å². The minimum atomic E-state index is -0.244. The molecular weight excluding hydrogens is 398 g/mol. The normalized spacial score (nSPS) is 14.8. The van der Waals surface area contributed by atoms with Crippen LogP contribution in [0, 0.1) is 19.8 Å². The van der Waals surface area contributed by atoms with E-state index >= 15 is 0 Å². The predicted molar refractivity (Wildman–Crippen MR) is 135 cm³/mol. The zero-order valence-corrected chi connectivity index (χ0v) is 21.1. The standard InChI is InChI=1S/C26H37N5O/c1-10-30(11-2)19-12-13-20(17(5)15-19)27-22-21(14-16(3)4)29-31-24(22)28-23(26(7,8)9)18(6)25(31)32/h12-13,15-16H,10-11,14H2,1-9H3/b27-22-. The van der Waals surface area contributed by atoms with Crippen LogP contribution in [0.4, 0.5) is 11.4 Å². The van der Waals surface area contributed by atoms with Crippen molar-refractivity contribution in [3.8, 4) is 0 Å². The van der Waals surface area contributed by atoms with Gasteiger partial charge in [0.05, 0.1) is 17.1 Å². The summed E-state index contributed by atoms with van der Waals surface area (Å²) in [5, 5.41) is 4.67. The van der Waals surface area contributed by atoms with E-state index in [0.29, 0.717) is 23.0 Å². The fraction of sp³-hybridized carbons (Fsp3) is 0.538. The van der Waals surface area contributed by atoms with E-state index in [4.69, 9.17) is 9.98 Å². The second-order valence-corrected chi connectivity index (χ2v) is 10.0. The molecule has 3 rings (SSSR count). The van der Waals surface area contributed by atoms with Crippen LogP contribution < -0.4 is 10.5 Å². The zero-order valence-electron chi connectivity index (χ0n) is 21.1. The van der Waals surface area contributed by atoms with Crippen molar-refractivity contribution in [2.24, 2.45) is 16.0 Å². The molecule has 2 heterocycles. The molecule has 0 amide bonds. The summed E-state index contributed by atoms with van der Waals surface area (Å²) in [6.07, 6.45) is 0.738. The van der Waals surface area contributed by atoms with Gasteiger partial charge in [0.25, 0.3) is 5.56 Å². The molecule has 2 aromatic rings. The van der Waals surface area contributed by atoms with Crippen molar-refractivity contribution in [3.63, 3.8) is 0 Å². The lowest BCUT2D eigenvalue weighted by Gasteiger charge is -2.22. The third kappa shape index (κ3) is 4.54. The molecule has 1 aliphatic rings. The van der Waals surface area contributed by atoms with Crippen LogP contribution in [0.1, 0.15) is 77.5 Å². The molecule has 172 valence electrons. The third-order valence-electron chi connectivity index (χ3n) is 5.85. The van der Waals surface area contributed by atoms with E-state index in [9.17, 15) is 4.79 Å². The SMILES string of the molecule is CCN(CC)c1ccc(/N=C2/C(CC(C)C)=Nn3c2nc(C(C)(C)C)c(C)c3=O)c(C)c1. The maximum absolute atomic E-state index is 13.2. The minimum Gasteiger partial charge on any atom is -0.372 e. The van der Waals surface area contributed by atoms with Crippen molar-refractivity contribution < 1.29 is 0 Å². The van der Waals surface area contributed by atoms with E-state index in [2.05, 4.69) is 83.6 Å². The zero-order chi connectivity index (χ0) is 23.8. The van der Waals surface area contributed by atoms with Gasteiger partial charge in [-0.1, -0.05) is 34.6 Å². The number of fused-ring (bicyclic) bond motifs is 1. The number of hydrogen-bond donors (Lipinski definition) is 0. The molecule has 0 bridgehead atoms. The van der Waals surface area contributed by atoms with Gasteiger partial charge >= 0.3 is 0 Å². The van der Waals surface area contributed by atoms with Crippen LogP contribution in [0.2, 0.25) is 0 Å². The minimum absolute atomic E-state index is 0.111. The van der Waals surface area contributed by atoms with Crippen LogP contribution in [0.3, 0.4) is 0 Å². The topological polar surface area (TPSA) is 62.9 Å². The Morgan fingerprint density at radius 1 is 1.12 bits per heavy atom. The highest BCUT2D eigenvalue weighted by molar-refractivity contribution is 6.49. The Morgan fingerprint density at radius 2 is 1.78 bits per heavy atom. The first-order valence-electron chi connectivity index (χ1n) is 11.6. The Balaban J connectivity index is 2.19. The molecule has 0 N–H and O–H groups in total. The number of rotatable bonds is 6. The summed E-state index contributed by atoms with van der Waals surface area (Å²) in [7, 11) is 0. The van der Waals surface area contributed by atoms with E-state index in [1.165, 1.54) is 10.4 Å². The molecule has 0 radical (unpaired) electrons. The van der Waals surface area contributed by atoms with Crippen LogP contribution in [-0.4, -0.2) is 34.2 Å². The lowest BCUT2D eigenvalue weighted by Crippen LogP contribution is -2.30. The smallest absolute Gasteiger partial charge is 0.277 e. The number of hydrogen-bond acceptors (Lipinski definition) is 5. The van der Waals surface area contributed by atoms with Crippen molar-refractivity contribution >= 4 is 22.8 Å². The molecular formula is C26H37N5O. The van der Waals surface area contributed by atoms with Gasteiger partial charge < -0.3 is 4.90 Å². The molecule has 32 heavy (non-hydrogen) atoms. The molecule has 1 aromatic carbocycles. The van der Waals surface area contributed by atoms with E-state index in [1.54, 1.807) is 0 Å². The van der Waals surface area contributed by atoms with Gasteiger partial charge in [0.1, 0.15) is 5.71 Å². The molecule has 0 spiro atoms. The summed E-state index contributed by atoms with van der Waals surface area (Å²) in [4.78, 5) is 25.4. The van der Waals surface area contributed by atoms with Crippen molar-refractivity contribution in [3.05, 3.63) is 51.2 Å². The average Bonchev–Trinajstić information content (AvgIpc) is 3.03. The van der Waals surface area contributed by atoms with Gasteiger partial charge in [-0.3, -0.25) is 4.79 Å². The number of anilines is 1. The summed E-state index contributed by atoms with van der Waals surface area (Å²) >= 11 is 0. The second-order valence-electron chi connectivity index (χ2n) is 10.0.